The van der Waals surface area contributed by atoms with Gasteiger partial charge in [0.05, 0.1) is 6.61 Å². The molecular weight excluding hydrogens is 264 g/mol. The predicted octanol–water partition coefficient (Wildman–Crippen LogP) is 3.27. The maximum atomic E-state index is 11.5. The van der Waals surface area contributed by atoms with Gasteiger partial charge in [0.15, 0.2) is 0 Å². The largest absolute Gasteiger partial charge is 0.450 e. The Kier molecular flexibility index (Phi) is 5.32. The minimum Gasteiger partial charge on any atom is -0.450 e. The molecule has 0 spiro atoms. The standard InChI is InChI=1S/C17H20N2O2/c1-3-21-17(20)19-12-15(16-6-4-5-11-18-16)14-9-7-13(2)8-10-14/h4-11,15H,3,12H2,1-2H3,(H,19,20). The SMILES string of the molecule is CCOC(=O)NCC(c1ccc(C)cc1)c1ccccn1. The van der Waals surface area contributed by atoms with Crippen LogP contribution in [0.4, 0.5) is 4.79 Å². The van der Waals surface area contributed by atoms with Crippen LogP contribution in [-0.4, -0.2) is 24.2 Å². The van der Waals surface area contributed by atoms with E-state index in [0.29, 0.717) is 13.2 Å². The Bertz CT molecular complexity index is 567. The van der Waals surface area contributed by atoms with Gasteiger partial charge >= 0.3 is 6.09 Å². The first-order valence-corrected chi connectivity index (χ1v) is 7.09. The van der Waals surface area contributed by atoms with Crippen LogP contribution in [0.2, 0.25) is 0 Å². The molecule has 1 amide bonds. The van der Waals surface area contributed by atoms with Crippen LogP contribution in [0, 0.1) is 6.92 Å². The van der Waals surface area contributed by atoms with Gasteiger partial charge in [0, 0.05) is 24.4 Å². The van der Waals surface area contributed by atoms with Crippen molar-refractivity contribution in [2.24, 2.45) is 0 Å². The number of nitrogens with zero attached hydrogens (tertiary/aromatic N) is 1. The number of benzene rings is 1. The lowest BCUT2D eigenvalue weighted by molar-refractivity contribution is 0.152. The van der Waals surface area contributed by atoms with Crippen molar-refractivity contribution >= 4 is 6.09 Å². The third-order valence-corrected chi connectivity index (χ3v) is 3.25. The van der Waals surface area contributed by atoms with Gasteiger partial charge in [0.2, 0.25) is 0 Å². The van der Waals surface area contributed by atoms with Crippen LogP contribution < -0.4 is 5.32 Å². The smallest absolute Gasteiger partial charge is 0.407 e. The number of hydrogen-bond acceptors (Lipinski definition) is 3. The number of hydrogen-bond donors (Lipinski definition) is 1. The summed E-state index contributed by atoms with van der Waals surface area (Å²) in [5.74, 6) is 0.0104. The summed E-state index contributed by atoms with van der Waals surface area (Å²) in [5.41, 5.74) is 3.26. The van der Waals surface area contributed by atoms with Crippen molar-refractivity contribution in [3.8, 4) is 0 Å². The van der Waals surface area contributed by atoms with Crippen molar-refractivity contribution in [3.05, 3.63) is 65.5 Å². The molecule has 2 rings (SSSR count). The number of alkyl carbamates (subject to hydrolysis) is 1. The third kappa shape index (κ3) is 4.31. The molecule has 0 aliphatic rings. The Hall–Kier alpha value is -2.36. The van der Waals surface area contributed by atoms with Gasteiger partial charge in [-0.05, 0) is 31.5 Å². The molecule has 2 aromatic rings. The van der Waals surface area contributed by atoms with E-state index in [0.717, 1.165) is 11.3 Å². The van der Waals surface area contributed by atoms with E-state index in [1.165, 1.54) is 5.56 Å². The summed E-state index contributed by atoms with van der Waals surface area (Å²) in [6, 6.07) is 14.1. The highest BCUT2D eigenvalue weighted by Crippen LogP contribution is 2.22. The fraction of sp³-hybridized carbons (Fsp3) is 0.294. The highest BCUT2D eigenvalue weighted by Gasteiger charge is 2.16. The van der Waals surface area contributed by atoms with E-state index in [-0.39, 0.29) is 5.92 Å². The highest BCUT2D eigenvalue weighted by molar-refractivity contribution is 5.67. The molecule has 0 saturated carbocycles. The summed E-state index contributed by atoms with van der Waals surface area (Å²) in [7, 11) is 0. The monoisotopic (exact) mass is 284 g/mol. The first kappa shape index (κ1) is 15.0. The summed E-state index contributed by atoms with van der Waals surface area (Å²) in [4.78, 5) is 15.9. The molecule has 4 nitrogen and oxygen atoms in total. The van der Waals surface area contributed by atoms with Crippen molar-refractivity contribution in [2.45, 2.75) is 19.8 Å². The molecule has 0 bridgehead atoms. The quantitative estimate of drug-likeness (QED) is 0.916. The van der Waals surface area contributed by atoms with Crippen LogP contribution in [0.5, 0.6) is 0 Å². The number of nitrogens with one attached hydrogen (secondary N) is 1. The zero-order valence-corrected chi connectivity index (χ0v) is 12.4. The number of carbonyl (C=O) groups excluding carboxylic acids is 1. The van der Waals surface area contributed by atoms with E-state index in [4.69, 9.17) is 4.74 Å². The van der Waals surface area contributed by atoms with E-state index in [1.54, 1.807) is 13.1 Å². The number of ether oxygens (including phenoxy) is 1. The first-order chi connectivity index (χ1) is 10.2. The van der Waals surface area contributed by atoms with Gasteiger partial charge in [0.1, 0.15) is 0 Å². The van der Waals surface area contributed by atoms with Gasteiger partial charge in [-0.25, -0.2) is 4.79 Å². The zero-order chi connectivity index (χ0) is 15.1. The molecule has 0 radical (unpaired) electrons. The summed E-state index contributed by atoms with van der Waals surface area (Å²) in [5, 5.41) is 2.79. The van der Waals surface area contributed by atoms with Crippen LogP contribution in [0.15, 0.2) is 48.7 Å². The summed E-state index contributed by atoms with van der Waals surface area (Å²) >= 11 is 0. The van der Waals surface area contributed by atoms with Gasteiger partial charge in [-0.1, -0.05) is 35.9 Å². The van der Waals surface area contributed by atoms with Crippen molar-refractivity contribution in [1.29, 1.82) is 0 Å². The molecule has 1 heterocycles. The molecule has 1 atom stereocenters. The van der Waals surface area contributed by atoms with Crippen molar-refractivity contribution in [1.82, 2.24) is 10.3 Å². The Morgan fingerprint density at radius 2 is 2.00 bits per heavy atom. The van der Waals surface area contributed by atoms with Gasteiger partial charge in [-0.3, -0.25) is 4.98 Å². The average Bonchev–Trinajstić information content (AvgIpc) is 2.50. The van der Waals surface area contributed by atoms with Gasteiger partial charge in [-0.15, -0.1) is 0 Å². The van der Waals surface area contributed by atoms with Crippen LogP contribution >= 0.6 is 0 Å². The van der Waals surface area contributed by atoms with Crippen molar-refractivity contribution in [2.75, 3.05) is 13.2 Å². The number of aryl methyl sites for hydroxylation is 1. The molecular formula is C17H20N2O2. The number of carbonyl (C=O) groups is 1. The molecule has 0 aliphatic carbocycles. The molecule has 110 valence electrons. The Balaban J connectivity index is 2.18. The highest BCUT2D eigenvalue weighted by atomic mass is 16.5. The number of rotatable bonds is 5. The maximum absolute atomic E-state index is 11.5. The Labute approximate surface area is 125 Å². The van der Waals surface area contributed by atoms with Crippen LogP contribution in [0.1, 0.15) is 29.7 Å². The summed E-state index contributed by atoms with van der Waals surface area (Å²) in [6.45, 7) is 4.66. The maximum Gasteiger partial charge on any atom is 0.407 e. The molecule has 1 N–H and O–H groups in total. The zero-order valence-electron chi connectivity index (χ0n) is 12.4. The third-order valence-electron chi connectivity index (χ3n) is 3.25. The van der Waals surface area contributed by atoms with Gasteiger partial charge in [0.25, 0.3) is 0 Å². The fourth-order valence-electron chi connectivity index (χ4n) is 2.14. The lowest BCUT2D eigenvalue weighted by atomic mass is 9.94. The predicted molar refractivity (Wildman–Crippen MR) is 82.3 cm³/mol. The van der Waals surface area contributed by atoms with E-state index in [1.807, 2.05) is 18.2 Å². The molecule has 4 heteroatoms. The lowest BCUT2D eigenvalue weighted by Crippen LogP contribution is -2.29. The average molecular weight is 284 g/mol. The molecule has 0 fully saturated rings. The number of aromatic nitrogens is 1. The number of amides is 1. The summed E-state index contributed by atoms with van der Waals surface area (Å²) in [6.07, 6.45) is 1.37. The van der Waals surface area contributed by atoms with Gasteiger partial charge < -0.3 is 10.1 Å². The molecule has 1 unspecified atom stereocenters. The lowest BCUT2D eigenvalue weighted by Gasteiger charge is -2.17. The minimum absolute atomic E-state index is 0.0104. The Morgan fingerprint density at radius 3 is 2.62 bits per heavy atom. The normalized spacial score (nSPS) is 11.7. The number of pyridine rings is 1. The van der Waals surface area contributed by atoms with Crippen LogP contribution in [0.3, 0.4) is 0 Å². The van der Waals surface area contributed by atoms with Gasteiger partial charge in [-0.2, -0.15) is 0 Å². The second-order valence-electron chi connectivity index (χ2n) is 4.82. The van der Waals surface area contributed by atoms with E-state index in [2.05, 4.69) is 41.5 Å². The fourth-order valence-corrected chi connectivity index (χ4v) is 2.14. The second-order valence-corrected chi connectivity index (χ2v) is 4.82. The van der Waals surface area contributed by atoms with Crippen LogP contribution in [-0.2, 0) is 4.74 Å². The van der Waals surface area contributed by atoms with Crippen molar-refractivity contribution < 1.29 is 9.53 Å². The molecule has 1 aromatic heterocycles. The molecule has 0 saturated heterocycles. The summed E-state index contributed by atoms with van der Waals surface area (Å²) < 4.78 is 4.91. The topological polar surface area (TPSA) is 51.2 Å². The minimum atomic E-state index is -0.398. The van der Waals surface area contributed by atoms with E-state index < -0.39 is 6.09 Å². The molecule has 21 heavy (non-hydrogen) atoms. The Morgan fingerprint density at radius 1 is 1.24 bits per heavy atom. The molecule has 0 aliphatic heterocycles. The van der Waals surface area contributed by atoms with E-state index in [9.17, 15) is 4.79 Å². The van der Waals surface area contributed by atoms with Crippen LogP contribution in [0.25, 0.3) is 0 Å². The molecule has 1 aromatic carbocycles. The van der Waals surface area contributed by atoms with E-state index >= 15 is 0 Å². The second kappa shape index (κ2) is 7.43. The van der Waals surface area contributed by atoms with Crippen molar-refractivity contribution in [3.63, 3.8) is 0 Å². The first-order valence-electron chi connectivity index (χ1n) is 7.09.